The molecule has 0 fully saturated rings. The molecule has 0 aliphatic carbocycles. The van der Waals surface area contributed by atoms with Gasteiger partial charge in [0.2, 0.25) is 5.91 Å². The van der Waals surface area contributed by atoms with Crippen LogP contribution in [0.4, 0.5) is 5.82 Å². The van der Waals surface area contributed by atoms with Gasteiger partial charge >= 0.3 is 0 Å². The number of carbonyl (C=O) groups excluding carboxylic acids is 1. The lowest BCUT2D eigenvalue weighted by Crippen LogP contribution is -2.14. The number of carbonyl (C=O) groups is 1. The van der Waals surface area contributed by atoms with Crippen molar-refractivity contribution in [1.29, 1.82) is 0 Å². The van der Waals surface area contributed by atoms with E-state index in [1.807, 2.05) is 41.8 Å². The van der Waals surface area contributed by atoms with Gasteiger partial charge in [-0.25, -0.2) is 0 Å². The van der Waals surface area contributed by atoms with Gasteiger partial charge in [0.25, 0.3) is 0 Å². The first-order valence-corrected chi connectivity index (χ1v) is 10.4. The van der Waals surface area contributed by atoms with Crippen molar-refractivity contribution < 1.29 is 9.53 Å². The quantitative estimate of drug-likeness (QED) is 0.438. The van der Waals surface area contributed by atoms with Crippen molar-refractivity contribution in [3.63, 3.8) is 0 Å². The number of nitrogens with zero attached hydrogens (tertiary/aromatic N) is 1. The Balaban J connectivity index is 1.63. The zero-order valence-electron chi connectivity index (χ0n) is 16.7. The van der Waals surface area contributed by atoms with E-state index in [0.29, 0.717) is 18.2 Å². The Morgan fingerprint density at radius 2 is 2.07 bits per heavy atom. The van der Waals surface area contributed by atoms with Crippen LogP contribution in [0.15, 0.2) is 53.9 Å². The van der Waals surface area contributed by atoms with Crippen LogP contribution in [0.1, 0.15) is 30.2 Å². The van der Waals surface area contributed by atoms with Gasteiger partial charge in [-0.2, -0.15) is 5.10 Å². The molecule has 0 bridgehead atoms. The lowest BCUT2D eigenvalue weighted by atomic mass is 9.96. The number of methoxy groups -OCH3 is 1. The van der Waals surface area contributed by atoms with Crippen LogP contribution in [0, 0.1) is 0 Å². The molecule has 2 aromatic heterocycles. The number of nitrogens with one attached hydrogen (secondary N) is 2. The third kappa shape index (κ3) is 4.03. The summed E-state index contributed by atoms with van der Waals surface area (Å²) in [6.07, 6.45) is 0.350. The average molecular weight is 406 g/mol. The van der Waals surface area contributed by atoms with Crippen LogP contribution >= 0.6 is 11.3 Å². The fraction of sp³-hybridized carbons (Fsp3) is 0.217. The predicted molar refractivity (Wildman–Crippen MR) is 119 cm³/mol. The van der Waals surface area contributed by atoms with Crippen LogP contribution < -0.4 is 10.1 Å². The van der Waals surface area contributed by atoms with E-state index in [-0.39, 0.29) is 5.91 Å². The van der Waals surface area contributed by atoms with Gasteiger partial charge in [-0.1, -0.05) is 32.0 Å². The smallest absolute Gasteiger partial charge is 0.230 e. The van der Waals surface area contributed by atoms with E-state index in [9.17, 15) is 4.79 Å². The molecule has 2 aromatic carbocycles. The number of anilines is 1. The van der Waals surface area contributed by atoms with Gasteiger partial charge in [0.05, 0.1) is 19.0 Å². The minimum absolute atomic E-state index is 0.0729. The van der Waals surface area contributed by atoms with Crippen molar-refractivity contribution in [2.24, 2.45) is 0 Å². The highest BCUT2D eigenvalue weighted by Crippen LogP contribution is 2.35. The van der Waals surface area contributed by atoms with Gasteiger partial charge in [-0.3, -0.25) is 9.89 Å². The molecular weight excluding hydrogens is 382 g/mol. The molecule has 0 aliphatic rings. The molecule has 0 unspecified atom stereocenters. The second-order valence-corrected chi connectivity index (χ2v) is 8.28. The lowest BCUT2D eigenvalue weighted by Gasteiger charge is -2.13. The summed E-state index contributed by atoms with van der Waals surface area (Å²) in [6.45, 7) is 4.35. The topological polar surface area (TPSA) is 67.0 Å². The summed E-state index contributed by atoms with van der Waals surface area (Å²) < 4.78 is 5.57. The molecule has 1 amide bonds. The number of aromatic amines is 1. The number of thiophene rings is 1. The second kappa shape index (κ2) is 8.09. The van der Waals surface area contributed by atoms with Crippen LogP contribution in [0.3, 0.4) is 0 Å². The van der Waals surface area contributed by atoms with E-state index < -0.39 is 0 Å². The molecule has 2 N–H and O–H groups in total. The van der Waals surface area contributed by atoms with Crippen LogP contribution in [0.25, 0.3) is 22.0 Å². The third-order valence-corrected chi connectivity index (χ3v) is 5.81. The zero-order valence-corrected chi connectivity index (χ0v) is 17.5. The van der Waals surface area contributed by atoms with E-state index in [2.05, 4.69) is 41.5 Å². The first kappa shape index (κ1) is 19.2. The minimum Gasteiger partial charge on any atom is -0.496 e. The zero-order chi connectivity index (χ0) is 20.4. The molecule has 4 aromatic rings. The molecule has 0 saturated carbocycles. The van der Waals surface area contributed by atoms with Crippen molar-refractivity contribution in [3.8, 4) is 16.9 Å². The number of benzene rings is 2. The largest absolute Gasteiger partial charge is 0.496 e. The Morgan fingerprint density at radius 1 is 1.21 bits per heavy atom. The van der Waals surface area contributed by atoms with Gasteiger partial charge < -0.3 is 10.1 Å². The number of rotatable bonds is 6. The highest BCUT2D eigenvalue weighted by atomic mass is 32.1. The Kier molecular flexibility index (Phi) is 5.36. The highest BCUT2D eigenvalue weighted by molar-refractivity contribution is 7.10. The normalized spacial score (nSPS) is 11.2. The highest BCUT2D eigenvalue weighted by Gasteiger charge is 2.14. The molecule has 4 rings (SSSR count). The maximum absolute atomic E-state index is 12.3. The maximum atomic E-state index is 12.3. The predicted octanol–water partition coefficient (Wildman–Crippen LogP) is 5.60. The van der Waals surface area contributed by atoms with Crippen molar-refractivity contribution >= 4 is 34.0 Å². The maximum Gasteiger partial charge on any atom is 0.230 e. The molecular formula is C23H23N3O2S. The summed E-state index contributed by atoms with van der Waals surface area (Å²) in [4.78, 5) is 13.3. The summed E-state index contributed by atoms with van der Waals surface area (Å²) >= 11 is 1.57. The minimum atomic E-state index is -0.0729. The van der Waals surface area contributed by atoms with E-state index in [0.717, 1.165) is 32.7 Å². The Bertz CT molecular complexity index is 1150. The first-order chi connectivity index (χ1) is 14.0. The van der Waals surface area contributed by atoms with Crippen LogP contribution in [-0.4, -0.2) is 23.2 Å². The number of H-pyrrole nitrogens is 1. The van der Waals surface area contributed by atoms with Crippen molar-refractivity contribution in [3.05, 3.63) is 64.4 Å². The van der Waals surface area contributed by atoms with E-state index in [1.54, 1.807) is 18.4 Å². The van der Waals surface area contributed by atoms with E-state index >= 15 is 0 Å². The van der Waals surface area contributed by atoms with Crippen LogP contribution in [-0.2, 0) is 11.2 Å². The number of ether oxygens (including phenoxy) is 1. The molecule has 0 aliphatic heterocycles. The van der Waals surface area contributed by atoms with Crippen LogP contribution in [0.2, 0.25) is 0 Å². The summed E-state index contributed by atoms with van der Waals surface area (Å²) in [6, 6.07) is 16.2. The SMILES string of the molecule is COc1ccc(C(C)C)cc1-c1ccc2c(NC(=O)Cc3cccs3)n[nH]c2c1. The number of aromatic nitrogens is 2. The summed E-state index contributed by atoms with van der Waals surface area (Å²) in [5.41, 5.74) is 4.20. The number of fused-ring (bicyclic) bond motifs is 1. The number of hydrogen-bond acceptors (Lipinski definition) is 4. The van der Waals surface area contributed by atoms with Gasteiger partial charge in [0.15, 0.2) is 5.82 Å². The molecule has 6 heteroatoms. The first-order valence-electron chi connectivity index (χ1n) is 9.54. The second-order valence-electron chi connectivity index (χ2n) is 7.25. The van der Waals surface area contributed by atoms with E-state index in [1.165, 1.54) is 5.56 Å². The number of hydrogen-bond donors (Lipinski definition) is 2. The average Bonchev–Trinajstić information content (AvgIpc) is 3.37. The molecule has 0 radical (unpaired) electrons. The lowest BCUT2D eigenvalue weighted by molar-refractivity contribution is -0.115. The molecule has 2 heterocycles. The van der Waals surface area contributed by atoms with Crippen molar-refractivity contribution in [2.45, 2.75) is 26.2 Å². The monoisotopic (exact) mass is 405 g/mol. The molecule has 148 valence electrons. The molecule has 0 saturated heterocycles. The fourth-order valence-electron chi connectivity index (χ4n) is 3.34. The molecule has 29 heavy (non-hydrogen) atoms. The Hall–Kier alpha value is -3.12. The Labute approximate surface area is 173 Å². The van der Waals surface area contributed by atoms with E-state index in [4.69, 9.17) is 4.74 Å². The molecule has 0 atom stereocenters. The third-order valence-electron chi connectivity index (χ3n) is 4.94. The molecule has 0 spiro atoms. The summed E-state index contributed by atoms with van der Waals surface area (Å²) in [5, 5.41) is 13.1. The summed E-state index contributed by atoms with van der Waals surface area (Å²) in [7, 11) is 1.68. The number of amides is 1. The van der Waals surface area contributed by atoms with Gasteiger partial charge in [-0.05, 0) is 52.8 Å². The van der Waals surface area contributed by atoms with Crippen molar-refractivity contribution in [2.75, 3.05) is 12.4 Å². The standard InChI is InChI=1S/C23H23N3O2S/c1-14(2)15-7-9-21(28-3)19(11-15)16-6-8-18-20(12-16)25-26-23(18)24-22(27)13-17-5-4-10-29-17/h4-12,14H,13H2,1-3H3,(H2,24,25,26,27). The Morgan fingerprint density at radius 3 is 2.79 bits per heavy atom. The fourth-order valence-corrected chi connectivity index (χ4v) is 4.04. The summed E-state index contributed by atoms with van der Waals surface area (Å²) in [5.74, 6) is 1.74. The molecule has 5 nitrogen and oxygen atoms in total. The van der Waals surface area contributed by atoms with Gasteiger partial charge in [0, 0.05) is 15.8 Å². The van der Waals surface area contributed by atoms with Crippen molar-refractivity contribution in [1.82, 2.24) is 10.2 Å². The van der Waals surface area contributed by atoms with Crippen LogP contribution in [0.5, 0.6) is 5.75 Å². The van der Waals surface area contributed by atoms with Gasteiger partial charge in [-0.15, -0.1) is 11.3 Å². The van der Waals surface area contributed by atoms with Gasteiger partial charge in [0.1, 0.15) is 5.75 Å².